The highest BCUT2D eigenvalue weighted by Gasteiger charge is 2.13. The molecule has 0 aliphatic carbocycles. The van der Waals surface area contributed by atoms with Gasteiger partial charge in [-0.2, -0.15) is 0 Å². The fourth-order valence-electron chi connectivity index (χ4n) is 5.05. The minimum Gasteiger partial charge on any atom is -0.481 e. The van der Waals surface area contributed by atoms with E-state index in [4.69, 9.17) is 9.84 Å². The van der Waals surface area contributed by atoms with Crippen LogP contribution in [-0.4, -0.2) is 23.1 Å². The molecule has 0 amide bonds. The van der Waals surface area contributed by atoms with Crippen molar-refractivity contribution in [1.82, 2.24) is 0 Å². The van der Waals surface area contributed by atoms with E-state index in [2.05, 4.69) is 26.0 Å². The number of ether oxygens (including phenoxy) is 1. The first-order chi connectivity index (χ1) is 18.6. The molecule has 0 rings (SSSR count). The molecule has 0 aliphatic rings. The number of hydrogen-bond acceptors (Lipinski definition) is 3. The van der Waals surface area contributed by atoms with Gasteiger partial charge in [0, 0.05) is 12.8 Å². The second-order valence-corrected chi connectivity index (χ2v) is 11.3. The van der Waals surface area contributed by atoms with Crippen LogP contribution in [0.25, 0.3) is 0 Å². The zero-order chi connectivity index (χ0) is 27.9. The van der Waals surface area contributed by atoms with E-state index in [1.807, 2.05) is 0 Å². The number of hydrogen-bond donors (Lipinski definition) is 1. The summed E-state index contributed by atoms with van der Waals surface area (Å²) >= 11 is 0. The van der Waals surface area contributed by atoms with E-state index in [0.29, 0.717) is 12.8 Å². The summed E-state index contributed by atoms with van der Waals surface area (Å²) in [4.78, 5) is 22.8. The summed E-state index contributed by atoms with van der Waals surface area (Å²) in [7, 11) is 0. The molecular weight excluding hydrogens is 472 g/mol. The van der Waals surface area contributed by atoms with E-state index in [1.54, 1.807) is 0 Å². The second kappa shape index (κ2) is 30.2. The Labute approximate surface area is 236 Å². The Morgan fingerprint density at radius 2 is 1.00 bits per heavy atom. The fraction of sp³-hybridized carbons (Fsp3) is 0.882. The van der Waals surface area contributed by atoms with E-state index in [0.717, 1.165) is 57.8 Å². The molecule has 0 aromatic carbocycles. The van der Waals surface area contributed by atoms with Gasteiger partial charge >= 0.3 is 11.9 Å². The third kappa shape index (κ3) is 29.2. The molecule has 1 atom stereocenters. The van der Waals surface area contributed by atoms with Crippen LogP contribution in [0.1, 0.15) is 187 Å². The quantitative estimate of drug-likeness (QED) is 0.0563. The van der Waals surface area contributed by atoms with Gasteiger partial charge in [0.15, 0.2) is 0 Å². The van der Waals surface area contributed by atoms with E-state index in [-0.39, 0.29) is 12.1 Å². The second-order valence-electron chi connectivity index (χ2n) is 11.3. The first-order valence-electron chi connectivity index (χ1n) is 16.7. The highest BCUT2D eigenvalue weighted by atomic mass is 16.5. The number of carboxylic acid groups (broad SMARTS) is 1. The van der Waals surface area contributed by atoms with Crippen LogP contribution in [0, 0.1) is 0 Å². The zero-order valence-electron chi connectivity index (χ0n) is 25.5. The largest absolute Gasteiger partial charge is 0.481 e. The molecule has 4 nitrogen and oxygen atoms in total. The van der Waals surface area contributed by atoms with Gasteiger partial charge < -0.3 is 9.84 Å². The maximum absolute atomic E-state index is 12.3. The van der Waals surface area contributed by atoms with Gasteiger partial charge in [0.05, 0.1) is 0 Å². The summed E-state index contributed by atoms with van der Waals surface area (Å²) < 4.78 is 5.83. The molecule has 38 heavy (non-hydrogen) atoms. The molecule has 0 aromatic heterocycles. The molecule has 0 aliphatic heterocycles. The summed E-state index contributed by atoms with van der Waals surface area (Å²) in [6.07, 6.45) is 35.6. The lowest BCUT2D eigenvalue weighted by molar-refractivity contribution is -0.150. The van der Waals surface area contributed by atoms with Crippen molar-refractivity contribution in [2.45, 2.75) is 193 Å². The van der Waals surface area contributed by atoms with Crippen molar-refractivity contribution in [3.05, 3.63) is 12.2 Å². The average Bonchev–Trinajstić information content (AvgIpc) is 2.89. The van der Waals surface area contributed by atoms with E-state index in [1.165, 1.54) is 103 Å². The Kier molecular flexibility index (Phi) is 29.2. The zero-order valence-corrected chi connectivity index (χ0v) is 25.5. The van der Waals surface area contributed by atoms with Gasteiger partial charge in [-0.1, -0.05) is 129 Å². The molecule has 4 heteroatoms. The first-order valence-corrected chi connectivity index (χ1v) is 16.7. The van der Waals surface area contributed by atoms with Gasteiger partial charge in [-0.25, -0.2) is 0 Å². The van der Waals surface area contributed by atoms with Crippen LogP contribution >= 0.6 is 0 Å². The van der Waals surface area contributed by atoms with Gasteiger partial charge in [-0.15, -0.1) is 0 Å². The molecule has 0 spiro atoms. The topological polar surface area (TPSA) is 63.6 Å². The van der Waals surface area contributed by atoms with E-state index < -0.39 is 5.97 Å². The summed E-state index contributed by atoms with van der Waals surface area (Å²) in [5.41, 5.74) is 0. The van der Waals surface area contributed by atoms with Crippen molar-refractivity contribution >= 4 is 11.9 Å². The van der Waals surface area contributed by atoms with Crippen molar-refractivity contribution in [2.75, 3.05) is 0 Å². The smallest absolute Gasteiger partial charge is 0.306 e. The number of allylic oxidation sites excluding steroid dienone is 2. The monoisotopic (exact) mass is 536 g/mol. The predicted molar refractivity (Wildman–Crippen MR) is 163 cm³/mol. The number of carbonyl (C=O) groups excluding carboxylic acids is 1. The number of carbonyl (C=O) groups is 2. The maximum atomic E-state index is 12.3. The third-order valence-corrected chi connectivity index (χ3v) is 7.47. The molecule has 0 fully saturated rings. The van der Waals surface area contributed by atoms with Crippen LogP contribution < -0.4 is 0 Å². The van der Waals surface area contributed by atoms with Crippen LogP contribution in [0.4, 0.5) is 0 Å². The third-order valence-electron chi connectivity index (χ3n) is 7.47. The van der Waals surface area contributed by atoms with Gasteiger partial charge in [0.1, 0.15) is 6.10 Å². The minimum atomic E-state index is -0.677. The van der Waals surface area contributed by atoms with Crippen molar-refractivity contribution in [3.8, 4) is 0 Å². The van der Waals surface area contributed by atoms with Crippen LogP contribution in [-0.2, 0) is 14.3 Å². The Hall–Kier alpha value is -1.32. The molecule has 0 heterocycles. The molecule has 1 unspecified atom stereocenters. The van der Waals surface area contributed by atoms with Gasteiger partial charge in [-0.05, 0) is 57.8 Å². The normalized spacial score (nSPS) is 12.3. The van der Waals surface area contributed by atoms with Crippen molar-refractivity contribution in [3.63, 3.8) is 0 Å². The van der Waals surface area contributed by atoms with E-state index >= 15 is 0 Å². The number of carboxylic acids is 1. The van der Waals surface area contributed by atoms with Gasteiger partial charge in [0.2, 0.25) is 0 Å². The van der Waals surface area contributed by atoms with Crippen LogP contribution in [0.5, 0.6) is 0 Å². The highest BCUT2D eigenvalue weighted by molar-refractivity contribution is 5.69. The van der Waals surface area contributed by atoms with Crippen molar-refractivity contribution < 1.29 is 19.4 Å². The molecule has 0 aromatic rings. The Morgan fingerprint density at radius 1 is 0.553 bits per heavy atom. The number of rotatable bonds is 30. The molecule has 0 bridgehead atoms. The minimum absolute atomic E-state index is 0.0101. The molecule has 0 radical (unpaired) electrons. The van der Waals surface area contributed by atoms with Crippen molar-refractivity contribution in [2.24, 2.45) is 0 Å². The average molecular weight is 537 g/mol. The lowest BCUT2D eigenvalue weighted by Crippen LogP contribution is -2.18. The van der Waals surface area contributed by atoms with Crippen LogP contribution in [0.15, 0.2) is 12.2 Å². The molecule has 1 N–H and O–H groups in total. The summed E-state index contributed by atoms with van der Waals surface area (Å²) in [5.74, 6) is -0.666. The van der Waals surface area contributed by atoms with Crippen molar-refractivity contribution in [1.29, 1.82) is 0 Å². The Bertz CT molecular complexity index is 543. The summed E-state index contributed by atoms with van der Waals surface area (Å²) in [6, 6.07) is 0. The molecule has 0 saturated carbocycles. The van der Waals surface area contributed by atoms with Crippen LogP contribution in [0.2, 0.25) is 0 Å². The SMILES string of the molecule is CCCCCC/C=C\CCCCCCCCC(=O)OC(CCC)CCCCCCCCCCCCC(=O)O. The molecular formula is C34H64O4. The number of esters is 1. The highest BCUT2D eigenvalue weighted by Crippen LogP contribution is 2.17. The van der Waals surface area contributed by atoms with Gasteiger partial charge in [0.25, 0.3) is 0 Å². The van der Waals surface area contributed by atoms with E-state index in [9.17, 15) is 9.59 Å². The predicted octanol–water partition coefficient (Wildman–Crippen LogP) is 11.1. The maximum Gasteiger partial charge on any atom is 0.306 e. The fourth-order valence-corrected chi connectivity index (χ4v) is 5.05. The Balaban J connectivity index is 3.57. The number of unbranched alkanes of at least 4 members (excludes halogenated alkanes) is 19. The van der Waals surface area contributed by atoms with Crippen LogP contribution in [0.3, 0.4) is 0 Å². The molecule has 224 valence electrons. The summed E-state index contributed by atoms with van der Waals surface area (Å²) in [6.45, 7) is 4.43. The van der Waals surface area contributed by atoms with Gasteiger partial charge in [-0.3, -0.25) is 9.59 Å². The Morgan fingerprint density at radius 3 is 1.50 bits per heavy atom. The number of aliphatic carboxylic acids is 1. The lowest BCUT2D eigenvalue weighted by atomic mass is 10.0. The first kappa shape index (κ1) is 36.7. The molecule has 0 saturated heterocycles. The summed E-state index contributed by atoms with van der Waals surface area (Å²) in [5, 5.41) is 8.65. The standard InChI is InChI=1S/C34H64O4/c1-3-5-6-7-8-9-10-11-12-13-18-21-24-27-31-34(37)38-32(28-4-2)29-25-22-19-16-14-15-17-20-23-26-30-33(35)36/h9-10,32H,3-8,11-31H2,1-2H3,(H,35,36)/b10-9-. The lowest BCUT2D eigenvalue weighted by Gasteiger charge is -2.17.